The molecule has 4 heterocycles. The summed E-state index contributed by atoms with van der Waals surface area (Å²) < 4.78 is 0. The number of benzene rings is 1. The number of hydrogen-bond acceptors (Lipinski definition) is 4. The quantitative estimate of drug-likeness (QED) is 0.857. The summed E-state index contributed by atoms with van der Waals surface area (Å²) in [5.41, 5.74) is 2.36. The van der Waals surface area contributed by atoms with Crippen LogP contribution in [0.1, 0.15) is 29.1 Å². The summed E-state index contributed by atoms with van der Waals surface area (Å²) in [5, 5.41) is 3.26. The molecule has 2 bridgehead atoms. The van der Waals surface area contributed by atoms with Crippen molar-refractivity contribution >= 4 is 17.2 Å². The highest BCUT2D eigenvalue weighted by Gasteiger charge is 2.40. The van der Waals surface area contributed by atoms with Crippen LogP contribution in [0.5, 0.6) is 0 Å². The Kier molecular flexibility index (Phi) is 4.37. The van der Waals surface area contributed by atoms with Crippen LogP contribution in [0.25, 0.3) is 0 Å². The summed E-state index contributed by atoms with van der Waals surface area (Å²) in [5.74, 6) is 0.485. The largest absolute Gasteiger partial charge is 0.334 e. The Bertz CT molecular complexity index is 714. The maximum atomic E-state index is 12.9. The van der Waals surface area contributed by atoms with Gasteiger partial charge in [-0.3, -0.25) is 9.69 Å². The van der Waals surface area contributed by atoms with Gasteiger partial charge in [-0.05, 0) is 25.3 Å². The van der Waals surface area contributed by atoms with Crippen LogP contribution in [0, 0.1) is 12.8 Å². The molecule has 0 N–H and O–H groups in total. The third-order valence-electron chi connectivity index (χ3n) is 5.12. The molecular formula is C19H23N3OS. The zero-order chi connectivity index (χ0) is 16.5. The third-order valence-corrected chi connectivity index (χ3v) is 5.94. The van der Waals surface area contributed by atoms with E-state index in [4.69, 9.17) is 0 Å². The highest BCUT2D eigenvalue weighted by Crippen LogP contribution is 2.31. The zero-order valence-corrected chi connectivity index (χ0v) is 14.8. The minimum Gasteiger partial charge on any atom is -0.334 e. The van der Waals surface area contributed by atoms with Crippen LogP contribution in [0.2, 0.25) is 0 Å². The molecule has 0 saturated carbocycles. The molecule has 0 radical (unpaired) electrons. The lowest BCUT2D eigenvalue weighted by molar-refractivity contribution is -0.140. The standard InChI is InChI=1S/C19H23N3OS/c1-14-20-17(13-24-14)11-21-10-16-7-8-18(12-21)22(19(16)23)9-15-5-3-2-4-6-15/h2-6,13,16,18H,7-12H2,1H3/t16-,18+/m0/s1. The Morgan fingerprint density at radius 2 is 2.00 bits per heavy atom. The van der Waals surface area contributed by atoms with Gasteiger partial charge in [-0.1, -0.05) is 30.3 Å². The van der Waals surface area contributed by atoms with E-state index in [9.17, 15) is 4.79 Å². The molecule has 0 spiro atoms. The van der Waals surface area contributed by atoms with Gasteiger partial charge in [-0.2, -0.15) is 0 Å². The number of nitrogens with zero attached hydrogens (tertiary/aromatic N) is 3. The number of thiazole rings is 1. The number of hydrogen-bond donors (Lipinski definition) is 0. The minimum atomic E-state index is 0.146. The first kappa shape index (κ1) is 15.8. The Morgan fingerprint density at radius 1 is 1.17 bits per heavy atom. The van der Waals surface area contributed by atoms with Crippen molar-refractivity contribution in [1.82, 2.24) is 14.8 Å². The summed E-state index contributed by atoms with van der Waals surface area (Å²) in [7, 11) is 0. The Hall–Kier alpha value is -1.72. The second-order valence-electron chi connectivity index (χ2n) is 6.93. The summed E-state index contributed by atoms with van der Waals surface area (Å²) in [6.07, 6.45) is 2.15. The molecule has 5 rings (SSSR count). The molecule has 126 valence electrons. The number of carbonyl (C=O) groups excluding carboxylic acids is 1. The average molecular weight is 341 g/mol. The SMILES string of the molecule is Cc1nc(CN2C[C@@H]3CC[C@H](C2)N(Cc2ccccc2)C3=O)cs1. The first-order valence-corrected chi connectivity index (χ1v) is 9.55. The number of aryl methyl sites for hydroxylation is 1. The Balaban J connectivity index is 1.50. The van der Waals surface area contributed by atoms with Crippen LogP contribution < -0.4 is 0 Å². The van der Waals surface area contributed by atoms with Crippen molar-refractivity contribution in [1.29, 1.82) is 0 Å². The van der Waals surface area contributed by atoms with Crippen molar-refractivity contribution in [2.75, 3.05) is 13.1 Å². The van der Waals surface area contributed by atoms with Gasteiger partial charge >= 0.3 is 0 Å². The lowest BCUT2D eigenvalue weighted by Gasteiger charge is -2.36. The van der Waals surface area contributed by atoms with Gasteiger partial charge in [0, 0.05) is 37.6 Å². The second kappa shape index (κ2) is 6.65. The molecule has 3 aliphatic rings. The molecule has 3 fully saturated rings. The van der Waals surface area contributed by atoms with Gasteiger partial charge in [-0.25, -0.2) is 4.98 Å². The number of piperidine rings is 1. The van der Waals surface area contributed by atoms with Gasteiger partial charge in [0.15, 0.2) is 0 Å². The molecule has 5 heteroatoms. The summed E-state index contributed by atoms with van der Waals surface area (Å²) >= 11 is 1.70. The summed E-state index contributed by atoms with van der Waals surface area (Å²) in [6, 6.07) is 10.7. The van der Waals surface area contributed by atoms with E-state index in [1.807, 2.05) is 25.1 Å². The van der Waals surface area contributed by atoms with Gasteiger partial charge in [0.1, 0.15) is 0 Å². The van der Waals surface area contributed by atoms with E-state index in [1.54, 1.807) is 11.3 Å². The molecule has 0 aliphatic carbocycles. The fraction of sp³-hybridized carbons (Fsp3) is 0.474. The molecule has 4 nitrogen and oxygen atoms in total. The zero-order valence-electron chi connectivity index (χ0n) is 14.0. The van der Waals surface area contributed by atoms with E-state index in [2.05, 4.69) is 32.3 Å². The van der Waals surface area contributed by atoms with Crippen LogP contribution >= 0.6 is 11.3 Å². The first-order chi connectivity index (χ1) is 11.7. The van der Waals surface area contributed by atoms with E-state index in [-0.39, 0.29) is 5.92 Å². The summed E-state index contributed by atoms with van der Waals surface area (Å²) in [4.78, 5) is 22.0. The first-order valence-electron chi connectivity index (χ1n) is 8.67. The monoisotopic (exact) mass is 341 g/mol. The summed E-state index contributed by atoms with van der Waals surface area (Å²) in [6.45, 7) is 5.49. The van der Waals surface area contributed by atoms with E-state index < -0.39 is 0 Å². The highest BCUT2D eigenvalue weighted by atomic mass is 32.1. The molecule has 2 atom stereocenters. The normalized spacial score (nSPS) is 24.4. The molecule has 2 aromatic rings. The smallest absolute Gasteiger partial charge is 0.227 e. The van der Waals surface area contributed by atoms with Crippen LogP contribution in [0.4, 0.5) is 0 Å². The molecule has 24 heavy (non-hydrogen) atoms. The number of rotatable bonds is 4. The maximum Gasteiger partial charge on any atom is 0.227 e. The average Bonchev–Trinajstić information content (AvgIpc) is 2.82. The predicted octanol–water partition coefficient (Wildman–Crippen LogP) is 3.07. The van der Waals surface area contributed by atoms with E-state index >= 15 is 0 Å². The van der Waals surface area contributed by atoms with Crippen molar-refractivity contribution in [2.24, 2.45) is 5.92 Å². The molecule has 3 saturated heterocycles. The fourth-order valence-electron chi connectivity index (χ4n) is 3.96. The van der Waals surface area contributed by atoms with Crippen molar-refractivity contribution in [3.63, 3.8) is 0 Å². The van der Waals surface area contributed by atoms with E-state index in [1.165, 1.54) is 5.56 Å². The molecule has 0 unspecified atom stereocenters. The van der Waals surface area contributed by atoms with E-state index in [0.717, 1.165) is 49.7 Å². The molecular weight excluding hydrogens is 318 g/mol. The topological polar surface area (TPSA) is 36.4 Å². The molecule has 1 aromatic carbocycles. The number of aromatic nitrogens is 1. The van der Waals surface area contributed by atoms with Crippen LogP contribution in [0.15, 0.2) is 35.7 Å². The van der Waals surface area contributed by atoms with Gasteiger partial charge in [-0.15, -0.1) is 11.3 Å². The van der Waals surface area contributed by atoms with Gasteiger partial charge in [0.05, 0.1) is 16.6 Å². The van der Waals surface area contributed by atoms with Crippen molar-refractivity contribution in [3.8, 4) is 0 Å². The van der Waals surface area contributed by atoms with E-state index in [0.29, 0.717) is 11.9 Å². The molecule has 1 amide bonds. The lowest BCUT2D eigenvalue weighted by atomic mass is 9.93. The van der Waals surface area contributed by atoms with Gasteiger partial charge in [0.25, 0.3) is 0 Å². The van der Waals surface area contributed by atoms with Crippen molar-refractivity contribution in [2.45, 2.75) is 38.9 Å². The van der Waals surface area contributed by atoms with Crippen molar-refractivity contribution in [3.05, 3.63) is 52.0 Å². The second-order valence-corrected chi connectivity index (χ2v) is 7.99. The minimum absolute atomic E-state index is 0.146. The molecule has 1 aromatic heterocycles. The van der Waals surface area contributed by atoms with Crippen LogP contribution in [-0.4, -0.2) is 39.8 Å². The third kappa shape index (κ3) is 3.23. The molecule has 3 aliphatic heterocycles. The Morgan fingerprint density at radius 3 is 2.75 bits per heavy atom. The van der Waals surface area contributed by atoms with Crippen LogP contribution in [-0.2, 0) is 17.9 Å². The maximum absolute atomic E-state index is 12.9. The number of amides is 1. The van der Waals surface area contributed by atoms with Crippen LogP contribution in [0.3, 0.4) is 0 Å². The van der Waals surface area contributed by atoms with Gasteiger partial charge in [0.2, 0.25) is 5.91 Å². The highest BCUT2D eigenvalue weighted by molar-refractivity contribution is 7.09. The predicted molar refractivity (Wildman–Crippen MR) is 95.6 cm³/mol. The number of carbonyl (C=O) groups is 1. The number of fused-ring (bicyclic) bond motifs is 4. The fourth-order valence-corrected chi connectivity index (χ4v) is 4.56. The van der Waals surface area contributed by atoms with Crippen molar-refractivity contribution < 1.29 is 4.79 Å². The lowest BCUT2D eigenvalue weighted by Crippen LogP contribution is -2.47. The van der Waals surface area contributed by atoms with Gasteiger partial charge < -0.3 is 4.90 Å². The Labute approximate surface area is 147 Å².